The van der Waals surface area contributed by atoms with Gasteiger partial charge in [0.15, 0.2) is 5.69 Å². The fourth-order valence-corrected chi connectivity index (χ4v) is 4.03. The maximum atomic E-state index is 12.6. The van der Waals surface area contributed by atoms with Gasteiger partial charge in [-0.3, -0.25) is 4.72 Å². The van der Waals surface area contributed by atoms with Crippen molar-refractivity contribution in [1.29, 1.82) is 0 Å². The third-order valence-corrected chi connectivity index (χ3v) is 5.39. The van der Waals surface area contributed by atoms with Crippen molar-refractivity contribution in [2.24, 2.45) is 0 Å². The van der Waals surface area contributed by atoms with Gasteiger partial charge in [-0.2, -0.15) is 0 Å². The summed E-state index contributed by atoms with van der Waals surface area (Å²) >= 11 is 0. The smallest absolute Gasteiger partial charge is 0.260 e. The highest BCUT2D eigenvalue weighted by Crippen LogP contribution is 2.36. The Morgan fingerprint density at radius 2 is 1.96 bits per heavy atom. The fourth-order valence-electron chi connectivity index (χ4n) is 2.90. The van der Waals surface area contributed by atoms with Gasteiger partial charge in [-0.1, -0.05) is 24.3 Å². The molecule has 23 heavy (non-hydrogen) atoms. The zero-order valence-corrected chi connectivity index (χ0v) is 13.7. The van der Waals surface area contributed by atoms with Gasteiger partial charge in [0.05, 0.1) is 17.2 Å². The van der Waals surface area contributed by atoms with Gasteiger partial charge in [0, 0.05) is 0 Å². The maximum absolute atomic E-state index is 12.6. The third-order valence-electron chi connectivity index (χ3n) is 4.03. The minimum Gasteiger partial charge on any atom is -0.279 e. The maximum Gasteiger partial charge on any atom is 0.260 e. The Hall–Kier alpha value is -2.58. The van der Waals surface area contributed by atoms with E-state index in [9.17, 15) is 8.42 Å². The van der Waals surface area contributed by atoms with Crippen molar-refractivity contribution in [2.45, 2.75) is 25.2 Å². The number of nitrogens with one attached hydrogen (secondary N) is 1. The van der Waals surface area contributed by atoms with Crippen LogP contribution in [0.5, 0.6) is 0 Å². The highest BCUT2D eigenvalue weighted by molar-refractivity contribution is 7.92. The summed E-state index contributed by atoms with van der Waals surface area (Å²) in [5.74, 6) is 0. The molecule has 0 bridgehead atoms. The lowest BCUT2D eigenvalue weighted by molar-refractivity contribution is 0.601. The zero-order valence-electron chi connectivity index (χ0n) is 12.9. The van der Waals surface area contributed by atoms with E-state index in [4.69, 9.17) is 6.57 Å². The van der Waals surface area contributed by atoms with Gasteiger partial charge in [-0.15, -0.1) is 0 Å². The SMILES string of the molecule is [C-]#[N+]c1cccc(S(=O)(=O)Nc2ccc(C)c3c2CC=C3C)c1. The lowest BCUT2D eigenvalue weighted by Gasteiger charge is -2.15. The molecule has 0 unspecified atom stereocenters. The minimum absolute atomic E-state index is 0.100. The second kappa shape index (κ2) is 5.56. The van der Waals surface area contributed by atoms with Crippen molar-refractivity contribution in [3.8, 4) is 0 Å². The standard InChI is InChI=1S/C18H16N2O2S/c1-12-7-9-16-17(10-8-13(2)18(12)16)20-23(21,22)15-6-4-5-14(11-15)19-3/h4-8,10-11,20H,9H2,1-2H3. The van der Waals surface area contributed by atoms with E-state index in [1.54, 1.807) is 18.2 Å². The summed E-state index contributed by atoms with van der Waals surface area (Å²) in [6, 6.07) is 9.77. The Morgan fingerprint density at radius 3 is 2.70 bits per heavy atom. The van der Waals surface area contributed by atoms with Crippen molar-refractivity contribution in [3.05, 3.63) is 70.6 Å². The number of hydrogen-bond acceptors (Lipinski definition) is 2. The number of sulfonamides is 1. The van der Waals surface area contributed by atoms with Crippen LogP contribution in [0.25, 0.3) is 10.4 Å². The predicted octanol–water partition coefficient (Wildman–Crippen LogP) is 4.31. The van der Waals surface area contributed by atoms with Crippen molar-refractivity contribution >= 4 is 27.0 Å². The van der Waals surface area contributed by atoms with Crippen LogP contribution in [-0.2, 0) is 16.4 Å². The molecule has 4 nitrogen and oxygen atoms in total. The first-order valence-corrected chi connectivity index (χ1v) is 8.70. The molecule has 2 aromatic carbocycles. The summed E-state index contributed by atoms with van der Waals surface area (Å²) in [5, 5.41) is 0. The quantitative estimate of drug-likeness (QED) is 0.856. The van der Waals surface area contributed by atoms with E-state index in [1.165, 1.54) is 17.7 Å². The Labute approximate surface area is 136 Å². The number of benzene rings is 2. The van der Waals surface area contributed by atoms with Crippen molar-refractivity contribution in [1.82, 2.24) is 0 Å². The molecule has 1 aliphatic rings. The summed E-state index contributed by atoms with van der Waals surface area (Å²) in [4.78, 5) is 3.38. The molecule has 0 amide bonds. The van der Waals surface area contributed by atoms with Crippen LogP contribution in [0.4, 0.5) is 11.4 Å². The van der Waals surface area contributed by atoms with E-state index >= 15 is 0 Å². The second-order valence-electron chi connectivity index (χ2n) is 5.59. The largest absolute Gasteiger partial charge is 0.279 e. The molecular formula is C18H16N2O2S. The van der Waals surface area contributed by atoms with E-state index in [0.717, 1.165) is 23.1 Å². The second-order valence-corrected chi connectivity index (χ2v) is 7.27. The highest BCUT2D eigenvalue weighted by Gasteiger charge is 2.21. The average Bonchev–Trinajstić information content (AvgIpc) is 2.93. The number of aryl methyl sites for hydroxylation is 1. The van der Waals surface area contributed by atoms with Gasteiger partial charge < -0.3 is 0 Å². The monoisotopic (exact) mass is 324 g/mol. The van der Waals surface area contributed by atoms with E-state index in [1.807, 2.05) is 19.9 Å². The molecule has 0 heterocycles. The fraction of sp³-hybridized carbons (Fsp3) is 0.167. The van der Waals surface area contributed by atoms with Crippen LogP contribution in [0.2, 0.25) is 0 Å². The summed E-state index contributed by atoms with van der Waals surface area (Å²) in [7, 11) is -3.71. The number of anilines is 1. The molecule has 0 aliphatic heterocycles. The van der Waals surface area contributed by atoms with E-state index < -0.39 is 10.0 Å². The number of fused-ring (bicyclic) bond motifs is 1. The Bertz CT molecular complexity index is 967. The molecular weight excluding hydrogens is 308 g/mol. The topological polar surface area (TPSA) is 50.5 Å². The van der Waals surface area contributed by atoms with Crippen molar-refractivity contribution in [2.75, 3.05) is 4.72 Å². The molecule has 116 valence electrons. The molecule has 2 aromatic rings. The Balaban J connectivity index is 2.02. The van der Waals surface area contributed by atoms with Crippen LogP contribution in [0, 0.1) is 13.5 Å². The van der Waals surface area contributed by atoms with Gasteiger partial charge >= 0.3 is 0 Å². The molecule has 0 aromatic heterocycles. The van der Waals surface area contributed by atoms with Crippen LogP contribution in [0.15, 0.2) is 47.4 Å². The third kappa shape index (κ3) is 2.73. The number of allylic oxidation sites excluding steroid dienone is 2. The predicted molar refractivity (Wildman–Crippen MR) is 92.0 cm³/mol. The summed E-state index contributed by atoms with van der Waals surface area (Å²) in [6.07, 6.45) is 2.83. The molecule has 0 saturated carbocycles. The summed E-state index contributed by atoms with van der Waals surface area (Å²) in [5.41, 5.74) is 5.36. The lowest BCUT2D eigenvalue weighted by atomic mass is 9.99. The first-order valence-electron chi connectivity index (χ1n) is 7.22. The molecule has 0 spiro atoms. The zero-order chi connectivity index (χ0) is 16.6. The molecule has 0 saturated heterocycles. The Morgan fingerprint density at radius 1 is 1.17 bits per heavy atom. The highest BCUT2D eigenvalue weighted by atomic mass is 32.2. The van der Waals surface area contributed by atoms with Crippen LogP contribution < -0.4 is 4.72 Å². The molecule has 1 N–H and O–H groups in total. The van der Waals surface area contributed by atoms with Gasteiger partial charge in [0.1, 0.15) is 0 Å². The molecule has 3 rings (SSSR count). The minimum atomic E-state index is -3.71. The molecule has 0 radical (unpaired) electrons. The van der Waals surface area contributed by atoms with Crippen LogP contribution in [0.3, 0.4) is 0 Å². The first kappa shape index (κ1) is 15.3. The van der Waals surface area contributed by atoms with E-state index in [-0.39, 0.29) is 4.90 Å². The van der Waals surface area contributed by atoms with E-state index in [0.29, 0.717) is 11.4 Å². The van der Waals surface area contributed by atoms with Gasteiger partial charge in [0.2, 0.25) is 0 Å². The number of hydrogen-bond donors (Lipinski definition) is 1. The normalized spacial score (nSPS) is 13.2. The number of rotatable bonds is 3. The molecule has 0 atom stereocenters. The lowest BCUT2D eigenvalue weighted by Crippen LogP contribution is -2.14. The number of nitrogens with zero attached hydrogens (tertiary/aromatic N) is 1. The van der Waals surface area contributed by atoms with Crippen molar-refractivity contribution < 1.29 is 8.42 Å². The molecule has 1 aliphatic carbocycles. The summed E-state index contributed by atoms with van der Waals surface area (Å²) in [6.45, 7) is 11.1. The Kier molecular flexibility index (Phi) is 3.70. The average molecular weight is 324 g/mol. The van der Waals surface area contributed by atoms with Crippen LogP contribution in [0.1, 0.15) is 23.6 Å². The first-order chi connectivity index (χ1) is 10.9. The summed E-state index contributed by atoms with van der Waals surface area (Å²) < 4.78 is 27.9. The van der Waals surface area contributed by atoms with E-state index in [2.05, 4.69) is 15.6 Å². The molecule has 0 fully saturated rings. The van der Waals surface area contributed by atoms with Crippen molar-refractivity contribution in [3.63, 3.8) is 0 Å². The van der Waals surface area contributed by atoms with Gasteiger partial charge in [-0.05, 0) is 60.7 Å². The van der Waals surface area contributed by atoms with Crippen LogP contribution in [-0.4, -0.2) is 8.42 Å². The van der Waals surface area contributed by atoms with Gasteiger partial charge in [0.25, 0.3) is 10.0 Å². The molecule has 5 heteroatoms. The van der Waals surface area contributed by atoms with Crippen LogP contribution >= 0.6 is 0 Å². The van der Waals surface area contributed by atoms with Gasteiger partial charge in [-0.25, -0.2) is 13.3 Å².